The topological polar surface area (TPSA) is 98.5 Å². The zero-order valence-corrected chi connectivity index (χ0v) is 13.5. The SMILES string of the molecule is Cc1ccc(S(=O)(=O)NCCOc2ccc(F)cc2)cc1[N+](=O)[O-]. The lowest BCUT2D eigenvalue weighted by atomic mass is 10.2. The third-order valence-corrected chi connectivity index (χ3v) is 4.62. The number of rotatable bonds is 7. The summed E-state index contributed by atoms with van der Waals surface area (Å²) in [6.07, 6.45) is 0. The Morgan fingerprint density at radius 3 is 2.50 bits per heavy atom. The van der Waals surface area contributed by atoms with Gasteiger partial charge in [0.05, 0.1) is 9.82 Å². The van der Waals surface area contributed by atoms with Crippen molar-refractivity contribution in [2.24, 2.45) is 0 Å². The van der Waals surface area contributed by atoms with Crippen LogP contribution in [0.25, 0.3) is 0 Å². The first-order valence-electron chi connectivity index (χ1n) is 6.93. The van der Waals surface area contributed by atoms with E-state index in [2.05, 4.69) is 4.72 Å². The number of ether oxygens (including phenoxy) is 1. The maximum Gasteiger partial charge on any atom is 0.273 e. The normalized spacial score (nSPS) is 11.2. The van der Waals surface area contributed by atoms with Crippen LogP contribution in [0.2, 0.25) is 0 Å². The Morgan fingerprint density at radius 1 is 1.21 bits per heavy atom. The summed E-state index contributed by atoms with van der Waals surface area (Å²) in [5.74, 6) is 0.00518. The van der Waals surface area contributed by atoms with Crippen molar-refractivity contribution in [3.8, 4) is 5.75 Å². The van der Waals surface area contributed by atoms with E-state index in [9.17, 15) is 22.9 Å². The first-order chi connectivity index (χ1) is 11.3. The van der Waals surface area contributed by atoms with E-state index < -0.39 is 20.8 Å². The summed E-state index contributed by atoms with van der Waals surface area (Å²) in [5.41, 5.74) is 0.110. The molecule has 7 nitrogen and oxygen atoms in total. The van der Waals surface area contributed by atoms with Gasteiger partial charge in [0.2, 0.25) is 10.0 Å². The molecule has 0 radical (unpaired) electrons. The average molecular weight is 354 g/mol. The maximum absolute atomic E-state index is 12.7. The van der Waals surface area contributed by atoms with Crippen molar-refractivity contribution in [1.29, 1.82) is 0 Å². The van der Waals surface area contributed by atoms with Gasteiger partial charge < -0.3 is 4.74 Å². The molecule has 1 N–H and O–H groups in total. The van der Waals surface area contributed by atoms with E-state index >= 15 is 0 Å². The molecular formula is C15H15FN2O5S. The third kappa shape index (κ3) is 4.49. The number of sulfonamides is 1. The van der Waals surface area contributed by atoms with E-state index in [1.165, 1.54) is 43.3 Å². The number of hydrogen-bond acceptors (Lipinski definition) is 5. The van der Waals surface area contributed by atoms with Crippen LogP contribution >= 0.6 is 0 Å². The highest BCUT2D eigenvalue weighted by atomic mass is 32.2. The van der Waals surface area contributed by atoms with Gasteiger partial charge in [-0.15, -0.1) is 0 Å². The van der Waals surface area contributed by atoms with Crippen molar-refractivity contribution in [1.82, 2.24) is 4.72 Å². The molecule has 2 rings (SSSR count). The van der Waals surface area contributed by atoms with Crippen molar-refractivity contribution in [2.75, 3.05) is 13.2 Å². The molecule has 0 aliphatic heterocycles. The van der Waals surface area contributed by atoms with Gasteiger partial charge in [-0.1, -0.05) is 6.07 Å². The van der Waals surface area contributed by atoms with Crippen LogP contribution < -0.4 is 9.46 Å². The van der Waals surface area contributed by atoms with Gasteiger partial charge in [-0.3, -0.25) is 10.1 Å². The molecular weight excluding hydrogens is 339 g/mol. The second kappa shape index (κ2) is 7.37. The monoisotopic (exact) mass is 354 g/mol. The van der Waals surface area contributed by atoms with Gasteiger partial charge >= 0.3 is 0 Å². The Hall–Kier alpha value is -2.52. The summed E-state index contributed by atoms with van der Waals surface area (Å²) in [6, 6.07) is 8.99. The van der Waals surface area contributed by atoms with Crippen LogP contribution in [0.3, 0.4) is 0 Å². The Labute approximate surface area is 138 Å². The third-order valence-electron chi connectivity index (χ3n) is 3.16. The molecule has 0 amide bonds. The van der Waals surface area contributed by atoms with E-state index in [1.807, 2.05) is 0 Å². The predicted octanol–water partition coefficient (Wildman–Crippen LogP) is 2.40. The van der Waals surface area contributed by atoms with Crippen molar-refractivity contribution < 1.29 is 22.5 Å². The summed E-state index contributed by atoms with van der Waals surface area (Å²) in [7, 11) is -3.89. The largest absolute Gasteiger partial charge is 0.492 e. The zero-order valence-electron chi connectivity index (χ0n) is 12.7. The van der Waals surface area contributed by atoms with E-state index in [1.54, 1.807) is 0 Å². The molecule has 9 heteroatoms. The van der Waals surface area contributed by atoms with Crippen molar-refractivity contribution in [2.45, 2.75) is 11.8 Å². The molecule has 0 saturated carbocycles. The van der Waals surface area contributed by atoms with Gasteiger partial charge in [0.15, 0.2) is 0 Å². The predicted molar refractivity (Wildman–Crippen MR) is 84.9 cm³/mol. The van der Waals surface area contributed by atoms with Gasteiger partial charge in [-0.2, -0.15) is 0 Å². The molecule has 0 atom stereocenters. The van der Waals surface area contributed by atoms with Gasteiger partial charge in [0.25, 0.3) is 5.69 Å². The number of nitro benzene ring substituents is 1. The molecule has 24 heavy (non-hydrogen) atoms. The second-order valence-corrected chi connectivity index (χ2v) is 6.67. The Balaban J connectivity index is 1.97. The minimum absolute atomic E-state index is 0.0266. The fourth-order valence-electron chi connectivity index (χ4n) is 1.91. The van der Waals surface area contributed by atoms with Gasteiger partial charge in [-0.05, 0) is 37.3 Å². The molecule has 128 valence electrons. The fourth-order valence-corrected chi connectivity index (χ4v) is 2.94. The summed E-state index contributed by atoms with van der Waals surface area (Å²) in [4.78, 5) is 10.1. The molecule has 0 fully saturated rings. The minimum atomic E-state index is -3.89. The van der Waals surface area contributed by atoms with Crippen LogP contribution in [0, 0.1) is 22.9 Å². The highest BCUT2D eigenvalue weighted by Crippen LogP contribution is 2.22. The Bertz CT molecular complexity index is 837. The molecule has 0 heterocycles. The molecule has 0 aliphatic rings. The zero-order chi connectivity index (χ0) is 17.7. The van der Waals surface area contributed by atoms with E-state index in [4.69, 9.17) is 4.74 Å². The van der Waals surface area contributed by atoms with Gasteiger partial charge in [0, 0.05) is 18.2 Å². The molecule has 0 spiro atoms. The first-order valence-corrected chi connectivity index (χ1v) is 8.41. The molecule has 0 saturated heterocycles. The quantitative estimate of drug-likeness (QED) is 0.468. The van der Waals surface area contributed by atoms with Gasteiger partial charge in [0.1, 0.15) is 18.2 Å². The molecule has 2 aromatic carbocycles. The number of benzene rings is 2. The summed E-state index contributed by atoms with van der Waals surface area (Å²) >= 11 is 0. The average Bonchev–Trinajstić information content (AvgIpc) is 2.53. The van der Waals surface area contributed by atoms with E-state index in [0.29, 0.717) is 11.3 Å². The number of nitrogens with one attached hydrogen (secondary N) is 1. The number of hydrogen-bond donors (Lipinski definition) is 1. The number of halogens is 1. The van der Waals surface area contributed by atoms with Crippen molar-refractivity contribution in [3.05, 3.63) is 64.0 Å². The van der Waals surface area contributed by atoms with Crippen molar-refractivity contribution >= 4 is 15.7 Å². The lowest BCUT2D eigenvalue weighted by Crippen LogP contribution is -2.28. The molecule has 2 aromatic rings. The minimum Gasteiger partial charge on any atom is -0.492 e. The molecule has 0 aliphatic carbocycles. The lowest BCUT2D eigenvalue weighted by molar-refractivity contribution is -0.385. The van der Waals surface area contributed by atoms with Crippen LogP contribution in [0.5, 0.6) is 5.75 Å². The number of nitrogens with zero attached hydrogens (tertiary/aromatic N) is 1. The lowest BCUT2D eigenvalue weighted by Gasteiger charge is -2.09. The van der Waals surface area contributed by atoms with Crippen LogP contribution in [0.4, 0.5) is 10.1 Å². The number of nitro groups is 1. The molecule has 0 aromatic heterocycles. The molecule has 0 bridgehead atoms. The van der Waals surface area contributed by atoms with Crippen LogP contribution in [0.1, 0.15) is 5.56 Å². The maximum atomic E-state index is 12.7. The Kier molecular flexibility index (Phi) is 5.47. The summed E-state index contributed by atoms with van der Waals surface area (Å²) in [5, 5.41) is 10.9. The fraction of sp³-hybridized carbons (Fsp3) is 0.200. The van der Waals surface area contributed by atoms with Crippen molar-refractivity contribution in [3.63, 3.8) is 0 Å². The van der Waals surface area contributed by atoms with E-state index in [-0.39, 0.29) is 23.7 Å². The highest BCUT2D eigenvalue weighted by molar-refractivity contribution is 7.89. The van der Waals surface area contributed by atoms with Crippen LogP contribution in [-0.4, -0.2) is 26.5 Å². The summed E-state index contributed by atoms with van der Waals surface area (Å²) < 4.78 is 44.6. The Morgan fingerprint density at radius 2 is 1.88 bits per heavy atom. The second-order valence-electron chi connectivity index (χ2n) is 4.91. The smallest absolute Gasteiger partial charge is 0.273 e. The summed E-state index contributed by atoms with van der Waals surface area (Å²) in [6.45, 7) is 1.51. The van der Waals surface area contributed by atoms with Gasteiger partial charge in [-0.25, -0.2) is 17.5 Å². The molecule has 0 unspecified atom stereocenters. The number of aryl methyl sites for hydroxylation is 1. The van der Waals surface area contributed by atoms with Crippen LogP contribution in [0.15, 0.2) is 47.4 Å². The van der Waals surface area contributed by atoms with Crippen LogP contribution in [-0.2, 0) is 10.0 Å². The first kappa shape index (κ1) is 17.8. The van der Waals surface area contributed by atoms with E-state index in [0.717, 1.165) is 6.07 Å². The highest BCUT2D eigenvalue weighted by Gasteiger charge is 2.19. The standard InChI is InChI=1S/C15H15FN2O5S/c1-11-2-7-14(10-15(11)18(19)20)24(21,22)17-8-9-23-13-5-3-12(16)4-6-13/h2-7,10,17H,8-9H2,1H3.